The summed E-state index contributed by atoms with van der Waals surface area (Å²) >= 11 is 0. The maximum atomic E-state index is 13.2. The van der Waals surface area contributed by atoms with Crippen molar-refractivity contribution in [3.63, 3.8) is 0 Å². The van der Waals surface area contributed by atoms with Gasteiger partial charge in [-0.15, -0.1) is 0 Å². The van der Waals surface area contributed by atoms with E-state index < -0.39 is 0 Å². The highest BCUT2D eigenvalue weighted by molar-refractivity contribution is 5.96. The van der Waals surface area contributed by atoms with Gasteiger partial charge in [-0.3, -0.25) is 4.79 Å². The molecule has 3 amide bonds. The molecule has 1 saturated heterocycles. The Morgan fingerprint density at radius 2 is 2.23 bits per heavy atom. The molecule has 22 heavy (non-hydrogen) atoms. The molecule has 1 aliphatic heterocycles. The van der Waals surface area contributed by atoms with Crippen LogP contribution in [0.2, 0.25) is 0 Å². The molecule has 1 atom stereocenters. The van der Waals surface area contributed by atoms with Crippen molar-refractivity contribution < 1.29 is 14.0 Å². The molecule has 0 radical (unpaired) electrons. The lowest BCUT2D eigenvalue weighted by Crippen LogP contribution is -2.43. The van der Waals surface area contributed by atoms with Gasteiger partial charge in [0.1, 0.15) is 5.82 Å². The van der Waals surface area contributed by atoms with E-state index in [0.29, 0.717) is 24.7 Å². The number of nitrogens with zero attached hydrogens (tertiary/aromatic N) is 1. The lowest BCUT2D eigenvalue weighted by atomic mass is 10.1. The SMILES string of the molecule is CC(C)CCNC(=O)NC1CC(=O)N(c2cccc(F)c2)C1. The number of benzene rings is 1. The molecule has 6 heteroatoms. The Labute approximate surface area is 129 Å². The molecule has 0 aromatic heterocycles. The molecule has 1 aromatic carbocycles. The summed E-state index contributed by atoms with van der Waals surface area (Å²) in [6, 6.07) is 5.39. The molecule has 1 unspecified atom stereocenters. The number of hydrogen-bond acceptors (Lipinski definition) is 2. The zero-order valence-electron chi connectivity index (χ0n) is 12.9. The summed E-state index contributed by atoms with van der Waals surface area (Å²) in [5, 5.41) is 5.57. The third kappa shape index (κ3) is 4.44. The summed E-state index contributed by atoms with van der Waals surface area (Å²) in [4.78, 5) is 25.3. The minimum Gasteiger partial charge on any atom is -0.338 e. The van der Waals surface area contributed by atoms with Crippen molar-refractivity contribution in [1.29, 1.82) is 0 Å². The molecule has 5 nitrogen and oxygen atoms in total. The van der Waals surface area contributed by atoms with Gasteiger partial charge in [-0.05, 0) is 30.5 Å². The van der Waals surface area contributed by atoms with Crippen LogP contribution in [0.5, 0.6) is 0 Å². The van der Waals surface area contributed by atoms with Gasteiger partial charge in [0.25, 0.3) is 0 Å². The quantitative estimate of drug-likeness (QED) is 0.876. The number of amides is 3. The summed E-state index contributed by atoms with van der Waals surface area (Å²) in [5.41, 5.74) is 0.523. The maximum Gasteiger partial charge on any atom is 0.315 e. The Hall–Kier alpha value is -2.11. The predicted octanol–water partition coefficient (Wildman–Crippen LogP) is 2.28. The molecular weight excluding hydrogens is 285 g/mol. The second-order valence-electron chi connectivity index (χ2n) is 5.97. The molecule has 1 aromatic rings. The average molecular weight is 307 g/mol. The molecule has 0 aliphatic carbocycles. The lowest BCUT2D eigenvalue weighted by Gasteiger charge is -2.17. The van der Waals surface area contributed by atoms with Gasteiger partial charge in [0.05, 0.1) is 6.04 Å². The number of halogens is 1. The van der Waals surface area contributed by atoms with Gasteiger partial charge >= 0.3 is 6.03 Å². The Bertz CT molecular complexity index is 548. The highest BCUT2D eigenvalue weighted by Gasteiger charge is 2.31. The second-order valence-corrected chi connectivity index (χ2v) is 5.97. The third-order valence-corrected chi connectivity index (χ3v) is 3.59. The molecule has 2 rings (SSSR count). The number of carbonyl (C=O) groups is 2. The van der Waals surface area contributed by atoms with Crippen LogP contribution in [-0.2, 0) is 4.79 Å². The Kier molecular flexibility index (Phi) is 5.35. The fourth-order valence-electron chi connectivity index (χ4n) is 2.41. The van der Waals surface area contributed by atoms with Crippen LogP contribution in [0.4, 0.5) is 14.9 Å². The van der Waals surface area contributed by atoms with E-state index in [1.165, 1.54) is 17.0 Å². The van der Waals surface area contributed by atoms with Gasteiger partial charge in [-0.25, -0.2) is 9.18 Å². The van der Waals surface area contributed by atoms with Gasteiger partial charge in [0, 0.05) is 25.2 Å². The molecule has 1 heterocycles. The zero-order chi connectivity index (χ0) is 16.1. The fourth-order valence-corrected chi connectivity index (χ4v) is 2.41. The van der Waals surface area contributed by atoms with Crippen molar-refractivity contribution in [2.75, 3.05) is 18.0 Å². The number of nitrogens with one attached hydrogen (secondary N) is 2. The summed E-state index contributed by atoms with van der Waals surface area (Å²) in [6.07, 6.45) is 1.14. The first-order chi connectivity index (χ1) is 10.5. The largest absolute Gasteiger partial charge is 0.338 e. The number of rotatable bonds is 5. The second kappa shape index (κ2) is 7.24. The van der Waals surface area contributed by atoms with E-state index in [4.69, 9.17) is 0 Å². The van der Waals surface area contributed by atoms with E-state index in [1.54, 1.807) is 12.1 Å². The number of anilines is 1. The highest BCUT2D eigenvalue weighted by Crippen LogP contribution is 2.22. The smallest absolute Gasteiger partial charge is 0.315 e. The van der Waals surface area contributed by atoms with Crippen molar-refractivity contribution in [2.45, 2.75) is 32.7 Å². The minimum atomic E-state index is -0.381. The van der Waals surface area contributed by atoms with Crippen LogP contribution < -0.4 is 15.5 Å². The van der Waals surface area contributed by atoms with Gasteiger partial charge in [0.2, 0.25) is 5.91 Å². The van der Waals surface area contributed by atoms with Crippen LogP contribution in [0.3, 0.4) is 0 Å². The molecule has 0 bridgehead atoms. The lowest BCUT2D eigenvalue weighted by molar-refractivity contribution is -0.117. The van der Waals surface area contributed by atoms with Gasteiger partial charge in [-0.2, -0.15) is 0 Å². The van der Waals surface area contributed by atoms with Crippen LogP contribution in [0.15, 0.2) is 24.3 Å². The third-order valence-electron chi connectivity index (χ3n) is 3.59. The summed E-state index contributed by atoms with van der Waals surface area (Å²) in [5.74, 6) is 0.0306. The molecule has 1 aliphatic rings. The summed E-state index contributed by atoms with van der Waals surface area (Å²) in [7, 11) is 0. The molecule has 2 N–H and O–H groups in total. The van der Waals surface area contributed by atoms with Gasteiger partial charge in [-0.1, -0.05) is 19.9 Å². The van der Waals surface area contributed by atoms with Crippen molar-refractivity contribution in [1.82, 2.24) is 10.6 Å². The first kappa shape index (κ1) is 16.3. The Morgan fingerprint density at radius 3 is 2.91 bits per heavy atom. The van der Waals surface area contributed by atoms with Crippen LogP contribution in [0, 0.1) is 11.7 Å². The summed E-state index contributed by atoms with van der Waals surface area (Å²) in [6.45, 7) is 5.15. The van der Waals surface area contributed by atoms with Crippen LogP contribution in [0.25, 0.3) is 0 Å². The number of carbonyl (C=O) groups excluding carboxylic acids is 2. The van der Waals surface area contributed by atoms with Crippen LogP contribution in [-0.4, -0.2) is 31.1 Å². The molecule has 120 valence electrons. The summed E-state index contributed by atoms with van der Waals surface area (Å²) < 4.78 is 13.2. The van der Waals surface area contributed by atoms with E-state index in [9.17, 15) is 14.0 Å². The fraction of sp³-hybridized carbons (Fsp3) is 0.500. The number of hydrogen-bond donors (Lipinski definition) is 2. The molecule has 0 saturated carbocycles. The predicted molar refractivity (Wildman–Crippen MR) is 83.1 cm³/mol. The average Bonchev–Trinajstić information content (AvgIpc) is 2.79. The Balaban J connectivity index is 1.86. The highest BCUT2D eigenvalue weighted by atomic mass is 19.1. The normalized spacial score (nSPS) is 17.9. The number of urea groups is 1. The van der Waals surface area contributed by atoms with Crippen molar-refractivity contribution in [3.8, 4) is 0 Å². The standard InChI is InChI=1S/C16H22FN3O2/c1-11(2)6-7-18-16(22)19-13-9-15(21)20(10-13)14-5-3-4-12(17)8-14/h3-5,8,11,13H,6-7,9-10H2,1-2H3,(H2,18,19,22). The van der Waals surface area contributed by atoms with Gasteiger partial charge < -0.3 is 15.5 Å². The first-order valence-electron chi connectivity index (χ1n) is 7.56. The van der Waals surface area contributed by atoms with E-state index in [0.717, 1.165) is 6.42 Å². The van der Waals surface area contributed by atoms with Gasteiger partial charge in [0.15, 0.2) is 0 Å². The monoisotopic (exact) mass is 307 g/mol. The van der Waals surface area contributed by atoms with E-state index in [2.05, 4.69) is 24.5 Å². The molecule has 1 fully saturated rings. The topological polar surface area (TPSA) is 61.4 Å². The van der Waals surface area contributed by atoms with E-state index in [1.807, 2.05) is 0 Å². The Morgan fingerprint density at radius 1 is 1.45 bits per heavy atom. The van der Waals surface area contributed by atoms with E-state index in [-0.39, 0.29) is 30.2 Å². The van der Waals surface area contributed by atoms with Crippen molar-refractivity contribution in [2.24, 2.45) is 5.92 Å². The van der Waals surface area contributed by atoms with Crippen molar-refractivity contribution >= 4 is 17.6 Å². The maximum absolute atomic E-state index is 13.2. The van der Waals surface area contributed by atoms with Crippen LogP contribution >= 0.6 is 0 Å². The van der Waals surface area contributed by atoms with E-state index >= 15 is 0 Å². The zero-order valence-corrected chi connectivity index (χ0v) is 12.9. The first-order valence-corrected chi connectivity index (χ1v) is 7.56. The minimum absolute atomic E-state index is 0.113. The van der Waals surface area contributed by atoms with Crippen LogP contribution in [0.1, 0.15) is 26.7 Å². The van der Waals surface area contributed by atoms with Crippen molar-refractivity contribution in [3.05, 3.63) is 30.1 Å². The molecule has 0 spiro atoms. The molecular formula is C16H22FN3O2.